The van der Waals surface area contributed by atoms with Gasteiger partial charge in [0.2, 0.25) is 0 Å². The SMILES string of the molecule is CCC(C)(CC)[S+]([O-])C1CCCC1. The van der Waals surface area contributed by atoms with Crippen molar-refractivity contribution in [2.75, 3.05) is 0 Å². The molecule has 0 bridgehead atoms. The van der Waals surface area contributed by atoms with Crippen LogP contribution in [0.4, 0.5) is 0 Å². The quantitative estimate of drug-likeness (QED) is 0.642. The molecule has 0 spiro atoms. The summed E-state index contributed by atoms with van der Waals surface area (Å²) >= 11 is -0.599. The van der Waals surface area contributed by atoms with Crippen molar-refractivity contribution in [3.05, 3.63) is 0 Å². The van der Waals surface area contributed by atoms with E-state index in [4.69, 9.17) is 0 Å². The molecule has 0 aromatic heterocycles. The van der Waals surface area contributed by atoms with E-state index in [2.05, 4.69) is 20.8 Å². The topological polar surface area (TPSA) is 23.1 Å². The molecule has 1 aliphatic carbocycles. The Morgan fingerprint density at radius 1 is 1.23 bits per heavy atom. The van der Waals surface area contributed by atoms with Crippen LogP contribution in [0.1, 0.15) is 59.3 Å². The molecule has 78 valence electrons. The van der Waals surface area contributed by atoms with Crippen LogP contribution in [0.25, 0.3) is 0 Å². The Balaban J connectivity index is 2.57. The summed E-state index contributed by atoms with van der Waals surface area (Å²) in [5.41, 5.74) is 0. The fourth-order valence-corrected chi connectivity index (χ4v) is 4.17. The molecule has 1 saturated carbocycles. The Hall–Kier alpha value is 0.310. The van der Waals surface area contributed by atoms with Crippen LogP contribution in [0.15, 0.2) is 0 Å². The molecule has 0 radical (unpaired) electrons. The lowest BCUT2D eigenvalue weighted by Crippen LogP contribution is -2.40. The zero-order valence-electron chi connectivity index (χ0n) is 9.14. The molecule has 1 aliphatic rings. The van der Waals surface area contributed by atoms with Crippen molar-refractivity contribution in [2.45, 2.75) is 69.3 Å². The molecule has 2 heteroatoms. The molecule has 13 heavy (non-hydrogen) atoms. The third-order valence-corrected chi connectivity index (χ3v) is 6.21. The molecule has 1 fully saturated rings. The van der Waals surface area contributed by atoms with E-state index in [1.807, 2.05) is 0 Å². The highest BCUT2D eigenvalue weighted by atomic mass is 32.2. The van der Waals surface area contributed by atoms with Gasteiger partial charge in [-0.3, -0.25) is 0 Å². The van der Waals surface area contributed by atoms with E-state index in [-0.39, 0.29) is 4.75 Å². The van der Waals surface area contributed by atoms with Crippen molar-refractivity contribution in [1.29, 1.82) is 0 Å². The summed E-state index contributed by atoms with van der Waals surface area (Å²) in [6.07, 6.45) is 7.07. The summed E-state index contributed by atoms with van der Waals surface area (Å²) < 4.78 is 12.3. The number of hydrogen-bond acceptors (Lipinski definition) is 1. The van der Waals surface area contributed by atoms with Gasteiger partial charge in [0, 0.05) is 0 Å². The van der Waals surface area contributed by atoms with Crippen molar-refractivity contribution < 1.29 is 4.55 Å². The van der Waals surface area contributed by atoms with Crippen LogP contribution in [-0.4, -0.2) is 14.5 Å². The van der Waals surface area contributed by atoms with Crippen LogP contribution >= 0.6 is 0 Å². The molecule has 0 aromatic rings. The first-order valence-corrected chi connectivity index (χ1v) is 6.76. The summed E-state index contributed by atoms with van der Waals surface area (Å²) in [5.74, 6) is 0. The van der Waals surface area contributed by atoms with Crippen molar-refractivity contribution in [1.82, 2.24) is 0 Å². The zero-order valence-corrected chi connectivity index (χ0v) is 9.95. The molecule has 1 atom stereocenters. The fourth-order valence-electron chi connectivity index (χ4n) is 2.04. The van der Waals surface area contributed by atoms with E-state index in [9.17, 15) is 4.55 Å². The van der Waals surface area contributed by atoms with Gasteiger partial charge in [0.25, 0.3) is 0 Å². The lowest BCUT2D eigenvalue weighted by atomic mass is 10.1. The average molecular weight is 202 g/mol. The molecular formula is C11H22OS. The van der Waals surface area contributed by atoms with Crippen molar-refractivity contribution in [3.63, 3.8) is 0 Å². The van der Waals surface area contributed by atoms with Crippen LogP contribution in [-0.2, 0) is 11.2 Å². The van der Waals surface area contributed by atoms with Gasteiger partial charge in [0.15, 0.2) is 0 Å². The maximum absolute atomic E-state index is 12.2. The van der Waals surface area contributed by atoms with Crippen molar-refractivity contribution in [3.8, 4) is 0 Å². The smallest absolute Gasteiger partial charge is 0.122 e. The monoisotopic (exact) mass is 202 g/mol. The molecule has 0 aromatic carbocycles. The molecule has 1 nitrogen and oxygen atoms in total. The molecule has 0 saturated heterocycles. The summed E-state index contributed by atoms with van der Waals surface area (Å²) in [4.78, 5) is 0. The molecule has 1 rings (SSSR count). The van der Waals surface area contributed by atoms with Crippen molar-refractivity contribution in [2.24, 2.45) is 0 Å². The van der Waals surface area contributed by atoms with Gasteiger partial charge >= 0.3 is 0 Å². The Kier molecular flexibility index (Phi) is 4.11. The number of rotatable bonds is 4. The molecule has 1 unspecified atom stereocenters. The van der Waals surface area contributed by atoms with Crippen LogP contribution in [0, 0.1) is 0 Å². The Morgan fingerprint density at radius 3 is 2.08 bits per heavy atom. The first kappa shape index (κ1) is 11.4. The Morgan fingerprint density at radius 2 is 1.69 bits per heavy atom. The summed E-state index contributed by atoms with van der Waals surface area (Å²) in [6, 6.07) is 0. The van der Waals surface area contributed by atoms with Crippen LogP contribution in [0.5, 0.6) is 0 Å². The Labute approximate surface area is 85.5 Å². The van der Waals surface area contributed by atoms with Gasteiger partial charge in [-0.15, -0.1) is 0 Å². The lowest BCUT2D eigenvalue weighted by Gasteiger charge is -2.34. The maximum Gasteiger partial charge on any atom is 0.122 e. The second-order valence-electron chi connectivity index (χ2n) is 4.36. The highest BCUT2D eigenvalue weighted by molar-refractivity contribution is 7.93. The van der Waals surface area contributed by atoms with Gasteiger partial charge in [-0.2, -0.15) is 0 Å². The second kappa shape index (κ2) is 4.70. The third kappa shape index (κ3) is 2.41. The van der Waals surface area contributed by atoms with Gasteiger partial charge in [0.05, 0.1) is 0 Å². The van der Waals surface area contributed by atoms with Crippen LogP contribution in [0.2, 0.25) is 0 Å². The van der Waals surface area contributed by atoms with Gasteiger partial charge < -0.3 is 4.55 Å². The van der Waals surface area contributed by atoms with Gasteiger partial charge in [-0.25, -0.2) is 0 Å². The first-order valence-electron chi connectivity index (χ1n) is 5.54. The van der Waals surface area contributed by atoms with E-state index in [0.29, 0.717) is 5.25 Å². The molecule has 0 aliphatic heterocycles. The van der Waals surface area contributed by atoms with Crippen LogP contribution in [0.3, 0.4) is 0 Å². The minimum absolute atomic E-state index is 0.0784. The average Bonchev–Trinajstić information content (AvgIpc) is 2.68. The lowest BCUT2D eigenvalue weighted by molar-refractivity contribution is 0.494. The highest BCUT2D eigenvalue weighted by Crippen LogP contribution is 2.35. The zero-order chi connectivity index (χ0) is 9.90. The maximum atomic E-state index is 12.2. The highest BCUT2D eigenvalue weighted by Gasteiger charge is 2.40. The van der Waals surface area contributed by atoms with E-state index >= 15 is 0 Å². The van der Waals surface area contributed by atoms with Gasteiger partial charge in [0.1, 0.15) is 10.00 Å². The van der Waals surface area contributed by atoms with Gasteiger partial charge in [-0.05, 0) is 56.6 Å². The first-order chi connectivity index (χ1) is 6.14. The molecule has 0 heterocycles. The Bertz CT molecular complexity index is 148. The van der Waals surface area contributed by atoms with Gasteiger partial charge in [-0.1, -0.05) is 13.8 Å². The molecular weight excluding hydrogens is 180 g/mol. The summed E-state index contributed by atoms with van der Waals surface area (Å²) in [7, 11) is 0. The van der Waals surface area contributed by atoms with E-state index in [1.165, 1.54) is 25.7 Å². The van der Waals surface area contributed by atoms with Crippen LogP contribution < -0.4 is 0 Å². The predicted molar refractivity (Wildman–Crippen MR) is 59.4 cm³/mol. The standard InChI is InChI=1S/C11H22OS/c1-4-11(3,5-2)13(12)10-8-6-7-9-10/h10H,4-9H2,1-3H3. The van der Waals surface area contributed by atoms with E-state index in [1.54, 1.807) is 0 Å². The minimum Gasteiger partial charge on any atom is -0.616 e. The normalized spacial score (nSPS) is 22.2. The third-order valence-electron chi connectivity index (χ3n) is 3.59. The predicted octanol–water partition coefficient (Wildman–Crippen LogP) is 3.26. The van der Waals surface area contributed by atoms with E-state index < -0.39 is 11.2 Å². The fraction of sp³-hybridized carbons (Fsp3) is 1.00. The second-order valence-corrected chi connectivity index (χ2v) is 6.61. The molecule has 0 N–H and O–H groups in total. The minimum atomic E-state index is -0.599. The largest absolute Gasteiger partial charge is 0.616 e. The van der Waals surface area contributed by atoms with E-state index in [0.717, 1.165) is 12.8 Å². The summed E-state index contributed by atoms with van der Waals surface area (Å²) in [5, 5.41) is 0.505. The summed E-state index contributed by atoms with van der Waals surface area (Å²) in [6.45, 7) is 6.51. The van der Waals surface area contributed by atoms with Crippen molar-refractivity contribution >= 4 is 11.2 Å². The number of hydrogen-bond donors (Lipinski definition) is 0. The molecule has 0 amide bonds.